The molecule has 0 N–H and O–H groups in total. The third-order valence-electron chi connectivity index (χ3n) is 4.95. The molecule has 2 aliphatic rings. The summed E-state index contributed by atoms with van der Waals surface area (Å²) < 4.78 is 0. The van der Waals surface area contributed by atoms with Crippen LogP contribution in [0.15, 0.2) is 6.07 Å². The summed E-state index contributed by atoms with van der Waals surface area (Å²) in [5.41, 5.74) is 0.371. The molecule has 4 nitrogen and oxygen atoms in total. The largest absolute Gasteiger partial charge is 0.335 e. The molecule has 0 spiro atoms. The number of fused-ring (bicyclic) bond motifs is 1. The van der Waals surface area contributed by atoms with Gasteiger partial charge in [0.15, 0.2) is 10.3 Å². The average Bonchev–Trinajstić information content (AvgIpc) is 2.50. The maximum absolute atomic E-state index is 12.8. The van der Waals surface area contributed by atoms with Gasteiger partial charge < -0.3 is 4.90 Å². The summed E-state index contributed by atoms with van der Waals surface area (Å²) in [6, 6.07) is 1.85. The van der Waals surface area contributed by atoms with Gasteiger partial charge in [-0.25, -0.2) is 0 Å². The Morgan fingerprint density at radius 3 is 2.81 bits per heavy atom. The van der Waals surface area contributed by atoms with E-state index in [0.29, 0.717) is 23.4 Å². The van der Waals surface area contributed by atoms with Crippen LogP contribution in [-0.2, 0) is 0 Å². The summed E-state index contributed by atoms with van der Waals surface area (Å²) in [5.74, 6) is 1.25. The number of aromatic nitrogens is 2. The Hall–Kier alpha value is -0.870. The molecule has 0 bridgehead atoms. The average molecular weight is 328 g/mol. The Bertz CT molecular complexity index is 552. The van der Waals surface area contributed by atoms with Gasteiger partial charge in [0.1, 0.15) is 0 Å². The number of likely N-dealkylation sites (tertiary alicyclic amines) is 1. The number of carbonyl (C=O) groups is 1. The smallest absolute Gasteiger partial charge is 0.257 e. The first-order chi connectivity index (χ1) is 10.1. The number of hydrogen-bond acceptors (Lipinski definition) is 3. The maximum Gasteiger partial charge on any atom is 0.257 e. The highest BCUT2D eigenvalue weighted by Gasteiger charge is 2.40. The van der Waals surface area contributed by atoms with E-state index in [2.05, 4.69) is 17.1 Å². The van der Waals surface area contributed by atoms with Crippen LogP contribution in [0.5, 0.6) is 0 Å². The van der Waals surface area contributed by atoms with Gasteiger partial charge in [0.2, 0.25) is 0 Å². The van der Waals surface area contributed by atoms with Crippen LogP contribution in [0.4, 0.5) is 0 Å². The van der Waals surface area contributed by atoms with Crippen LogP contribution < -0.4 is 0 Å². The molecular formula is C15H19Cl2N3O. The first kappa shape index (κ1) is 15.0. The Morgan fingerprint density at radius 2 is 2.00 bits per heavy atom. The van der Waals surface area contributed by atoms with E-state index in [1.54, 1.807) is 0 Å². The van der Waals surface area contributed by atoms with E-state index in [1.807, 2.05) is 4.90 Å². The molecule has 3 unspecified atom stereocenters. The molecule has 1 aromatic heterocycles. The molecule has 0 aromatic carbocycles. The Kier molecular flexibility index (Phi) is 4.36. The summed E-state index contributed by atoms with van der Waals surface area (Å²) in [6.07, 6.45) is 5.83. The van der Waals surface area contributed by atoms with Crippen molar-refractivity contribution in [3.05, 3.63) is 21.9 Å². The summed E-state index contributed by atoms with van der Waals surface area (Å²) in [4.78, 5) is 14.8. The predicted molar refractivity (Wildman–Crippen MR) is 82.6 cm³/mol. The monoisotopic (exact) mass is 327 g/mol. The highest BCUT2D eigenvalue weighted by atomic mass is 35.5. The lowest BCUT2D eigenvalue weighted by molar-refractivity contribution is 0.0217. The molecule has 1 amide bonds. The van der Waals surface area contributed by atoms with Crippen molar-refractivity contribution < 1.29 is 4.79 Å². The fourth-order valence-corrected chi connectivity index (χ4v) is 4.14. The van der Waals surface area contributed by atoms with Crippen molar-refractivity contribution in [3.8, 4) is 0 Å². The van der Waals surface area contributed by atoms with Gasteiger partial charge in [-0.15, -0.1) is 10.2 Å². The summed E-state index contributed by atoms with van der Waals surface area (Å²) >= 11 is 11.9. The van der Waals surface area contributed by atoms with Gasteiger partial charge in [-0.05, 0) is 37.2 Å². The van der Waals surface area contributed by atoms with E-state index in [1.165, 1.54) is 25.3 Å². The molecule has 0 radical (unpaired) electrons. The van der Waals surface area contributed by atoms with Crippen LogP contribution in [0, 0.1) is 11.8 Å². The molecule has 1 saturated carbocycles. The third-order valence-corrected chi connectivity index (χ3v) is 5.41. The molecule has 6 heteroatoms. The minimum Gasteiger partial charge on any atom is -0.335 e. The Labute approximate surface area is 134 Å². The highest BCUT2D eigenvalue weighted by molar-refractivity contribution is 6.34. The first-order valence-electron chi connectivity index (χ1n) is 7.57. The third kappa shape index (κ3) is 2.88. The van der Waals surface area contributed by atoms with Crippen molar-refractivity contribution >= 4 is 29.1 Å². The van der Waals surface area contributed by atoms with Crippen LogP contribution in [0.25, 0.3) is 0 Å². The Balaban J connectivity index is 1.88. The summed E-state index contributed by atoms with van der Waals surface area (Å²) in [7, 11) is 0. The second-order valence-corrected chi connectivity index (χ2v) is 6.90. The van der Waals surface area contributed by atoms with E-state index in [0.717, 1.165) is 19.4 Å². The van der Waals surface area contributed by atoms with Crippen molar-refractivity contribution in [1.29, 1.82) is 0 Å². The van der Waals surface area contributed by atoms with Gasteiger partial charge in [0, 0.05) is 12.6 Å². The molecule has 3 atom stereocenters. The van der Waals surface area contributed by atoms with Crippen molar-refractivity contribution in [3.63, 3.8) is 0 Å². The van der Waals surface area contributed by atoms with Crippen molar-refractivity contribution in [2.75, 3.05) is 6.54 Å². The molecule has 21 heavy (non-hydrogen) atoms. The fraction of sp³-hybridized carbons (Fsp3) is 0.667. The molecule has 2 fully saturated rings. The number of rotatable bonds is 1. The minimum absolute atomic E-state index is 0.0550. The van der Waals surface area contributed by atoms with Crippen LogP contribution in [0.3, 0.4) is 0 Å². The first-order valence-corrected chi connectivity index (χ1v) is 8.33. The summed E-state index contributed by atoms with van der Waals surface area (Å²) in [5, 5.41) is 7.76. The van der Waals surface area contributed by atoms with Gasteiger partial charge >= 0.3 is 0 Å². The fourth-order valence-electron chi connectivity index (χ4n) is 3.82. The lowest BCUT2D eigenvalue weighted by Gasteiger charge is -2.47. The molecular weight excluding hydrogens is 309 g/mol. The SMILES string of the molecule is CC1CCN(C(=O)c2cc(Cl)nnc2Cl)C2CCCCC12. The topological polar surface area (TPSA) is 46.1 Å². The molecule has 1 saturated heterocycles. The van der Waals surface area contributed by atoms with Gasteiger partial charge in [0.25, 0.3) is 5.91 Å². The van der Waals surface area contributed by atoms with Crippen molar-refractivity contribution in [2.45, 2.75) is 45.1 Å². The van der Waals surface area contributed by atoms with Gasteiger partial charge in [-0.2, -0.15) is 0 Å². The van der Waals surface area contributed by atoms with Crippen LogP contribution in [-0.4, -0.2) is 33.6 Å². The predicted octanol–water partition coefficient (Wildman–Crippen LogP) is 3.82. The van der Waals surface area contributed by atoms with Crippen LogP contribution in [0.2, 0.25) is 10.3 Å². The van der Waals surface area contributed by atoms with Crippen molar-refractivity contribution in [2.24, 2.45) is 11.8 Å². The maximum atomic E-state index is 12.8. The summed E-state index contributed by atoms with van der Waals surface area (Å²) in [6.45, 7) is 3.10. The highest BCUT2D eigenvalue weighted by Crippen LogP contribution is 2.39. The van der Waals surface area contributed by atoms with Gasteiger partial charge in [-0.3, -0.25) is 4.79 Å². The van der Waals surface area contributed by atoms with Gasteiger partial charge in [-0.1, -0.05) is 43.0 Å². The van der Waals surface area contributed by atoms with Crippen LogP contribution >= 0.6 is 23.2 Å². The van der Waals surface area contributed by atoms with E-state index in [9.17, 15) is 4.79 Å². The number of hydrogen-bond donors (Lipinski definition) is 0. The second kappa shape index (κ2) is 6.09. The lowest BCUT2D eigenvalue weighted by atomic mass is 9.72. The normalized spacial score (nSPS) is 29.1. The zero-order valence-corrected chi connectivity index (χ0v) is 13.6. The van der Waals surface area contributed by atoms with E-state index < -0.39 is 0 Å². The second-order valence-electron chi connectivity index (χ2n) is 6.15. The number of amides is 1. The molecule has 2 heterocycles. The number of carbonyl (C=O) groups excluding carboxylic acids is 1. The minimum atomic E-state index is -0.0550. The zero-order valence-electron chi connectivity index (χ0n) is 12.1. The van der Waals surface area contributed by atoms with Gasteiger partial charge in [0.05, 0.1) is 5.56 Å². The lowest BCUT2D eigenvalue weighted by Crippen LogP contribution is -2.52. The molecule has 1 aliphatic carbocycles. The van der Waals surface area contributed by atoms with Crippen molar-refractivity contribution in [1.82, 2.24) is 15.1 Å². The zero-order chi connectivity index (χ0) is 15.0. The molecule has 1 aromatic rings. The van der Waals surface area contributed by atoms with Crippen LogP contribution in [0.1, 0.15) is 49.4 Å². The Morgan fingerprint density at radius 1 is 1.24 bits per heavy atom. The van der Waals surface area contributed by atoms with E-state index in [-0.39, 0.29) is 16.2 Å². The molecule has 1 aliphatic heterocycles. The van der Waals surface area contributed by atoms with E-state index >= 15 is 0 Å². The number of nitrogens with zero attached hydrogens (tertiary/aromatic N) is 3. The molecule has 114 valence electrons. The van der Waals surface area contributed by atoms with E-state index in [4.69, 9.17) is 23.2 Å². The standard InChI is InChI=1S/C15H19Cl2N3O/c1-9-6-7-20(12-5-3-2-4-10(9)12)15(21)11-8-13(16)18-19-14(11)17/h8-10,12H,2-7H2,1H3. The quantitative estimate of drug-likeness (QED) is 0.787. The number of halogens is 2. The molecule has 3 rings (SSSR count). The number of piperidine rings is 1.